The van der Waals surface area contributed by atoms with Crippen LogP contribution in [0.15, 0.2) is 126 Å². The molecule has 0 bridgehead atoms. The van der Waals surface area contributed by atoms with Gasteiger partial charge in [-0.15, -0.1) is 47.5 Å². The van der Waals surface area contributed by atoms with Crippen LogP contribution in [0, 0.1) is 31.3 Å². The third kappa shape index (κ3) is 8.18. The fourth-order valence-corrected chi connectivity index (χ4v) is 8.39. The third-order valence-corrected chi connectivity index (χ3v) is 12.3. The summed E-state index contributed by atoms with van der Waals surface area (Å²) in [6, 6.07) is 41.8. The van der Waals surface area contributed by atoms with Gasteiger partial charge in [0.05, 0.1) is 5.58 Å². The zero-order chi connectivity index (χ0) is 49.6. The van der Waals surface area contributed by atoms with Crippen LogP contribution in [0.4, 0.5) is 0 Å². The first-order valence-electron chi connectivity index (χ1n) is 24.7. The van der Waals surface area contributed by atoms with Gasteiger partial charge in [-0.25, -0.2) is 0 Å². The van der Waals surface area contributed by atoms with Crippen LogP contribution in [0.25, 0.3) is 66.7 Å². The van der Waals surface area contributed by atoms with Gasteiger partial charge in [-0.05, 0) is 80.3 Å². The summed E-state index contributed by atoms with van der Waals surface area (Å²) in [5.74, 6) is 0. The zero-order valence-corrected chi connectivity index (χ0v) is 39.1. The van der Waals surface area contributed by atoms with Gasteiger partial charge in [0, 0.05) is 59.8 Å². The van der Waals surface area contributed by atoms with E-state index in [0.717, 1.165) is 44.3 Å². The number of furan rings is 1. The van der Waals surface area contributed by atoms with Crippen molar-refractivity contribution in [3.63, 3.8) is 0 Å². The van der Waals surface area contributed by atoms with E-state index in [1.54, 1.807) is 39.1 Å². The number of hydrogen-bond acceptors (Lipinski definition) is 3. The van der Waals surface area contributed by atoms with Crippen LogP contribution in [-0.2, 0) is 42.7 Å². The van der Waals surface area contributed by atoms with E-state index in [4.69, 9.17) is 15.4 Å². The van der Waals surface area contributed by atoms with E-state index >= 15 is 0 Å². The van der Waals surface area contributed by atoms with Gasteiger partial charge in [0.15, 0.2) is 0 Å². The Morgan fingerprint density at radius 3 is 2.13 bits per heavy atom. The minimum Gasteiger partial charge on any atom is -0.500 e. The first-order valence-corrected chi connectivity index (χ1v) is 20.7. The third-order valence-electron chi connectivity index (χ3n) is 12.3. The number of pyridine rings is 2. The summed E-state index contributed by atoms with van der Waals surface area (Å²) in [6.45, 7) is 16.2. The summed E-state index contributed by atoms with van der Waals surface area (Å²) in [5, 5.41) is 1.91. The average molecular weight is 987 g/mol. The number of aryl methyl sites for hydroxylation is 2. The molecule has 0 fully saturated rings. The number of rotatable bonds is 4. The zero-order valence-electron chi connectivity index (χ0n) is 44.7. The van der Waals surface area contributed by atoms with Gasteiger partial charge in [-0.3, -0.25) is 0 Å². The average Bonchev–Trinajstić information content (AvgIpc) is 3.66. The molecule has 0 aliphatic heterocycles. The molecular weight excluding hydrogens is 921 g/mol. The Balaban J connectivity index is 0.000000224. The largest absolute Gasteiger partial charge is 0.500 e. The Labute approximate surface area is 388 Å². The Morgan fingerprint density at radius 1 is 0.689 bits per heavy atom. The Morgan fingerprint density at radius 2 is 1.41 bits per heavy atom. The van der Waals surface area contributed by atoms with Gasteiger partial charge in [0.1, 0.15) is 5.58 Å². The molecule has 61 heavy (non-hydrogen) atoms. The van der Waals surface area contributed by atoms with Gasteiger partial charge in [0.25, 0.3) is 0 Å². The summed E-state index contributed by atoms with van der Waals surface area (Å²) < 4.78 is 72.5. The minimum absolute atomic E-state index is 0. The van der Waals surface area contributed by atoms with Crippen molar-refractivity contribution in [2.24, 2.45) is 5.41 Å². The first kappa shape index (κ1) is 34.4. The molecule has 8 aromatic rings. The molecule has 1 aliphatic carbocycles. The molecule has 0 amide bonds. The maximum absolute atomic E-state index is 8.95. The topological polar surface area (TPSA) is 38.9 Å². The molecule has 0 unspecified atom stereocenters. The van der Waals surface area contributed by atoms with Crippen LogP contribution in [0.5, 0.6) is 0 Å². The predicted octanol–water partition coefficient (Wildman–Crippen LogP) is 15.4. The Kier molecular flexibility index (Phi) is 9.19. The van der Waals surface area contributed by atoms with Gasteiger partial charge in [-0.1, -0.05) is 177 Å². The van der Waals surface area contributed by atoms with Crippen molar-refractivity contribution in [3.05, 3.63) is 167 Å². The number of fused-ring (bicyclic) bond motifs is 7. The molecule has 1 aliphatic rings. The molecular formula is C57H58IrN2O-2. The van der Waals surface area contributed by atoms with Crippen molar-refractivity contribution in [3.8, 4) is 44.8 Å². The summed E-state index contributed by atoms with van der Waals surface area (Å²) in [6.07, 6.45) is 1.16. The first-order chi connectivity index (χ1) is 31.5. The van der Waals surface area contributed by atoms with E-state index in [1.807, 2.05) is 54.6 Å². The second-order valence-electron chi connectivity index (χ2n) is 19.1. The van der Waals surface area contributed by atoms with Crippen LogP contribution < -0.4 is 0 Å². The Bertz CT molecular complexity index is 3210. The maximum atomic E-state index is 8.95. The van der Waals surface area contributed by atoms with Crippen LogP contribution in [0.1, 0.15) is 114 Å². The second kappa shape index (κ2) is 16.3. The van der Waals surface area contributed by atoms with Gasteiger partial charge in [-0.2, -0.15) is 0 Å². The number of nitrogens with zero attached hydrogens (tertiary/aromatic N) is 2. The second-order valence-corrected chi connectivity index (χ2v) is 19.1. The number of hydrogen-bond donors (Lipinski definition) is 0. The molecule has 0 saturated heterocycles. The predicted molar refractivity (Wildman–Crippen MR) is 253 cm³/mol. The van der Waals surface area contributed by atoms with E-state index in [9.17, 15) is 0 Å². The van der Waals surface area contributed by atoms with Crippen molar-refractivity contribution in [2.75, 3.05) is 0 Å². The normalized spacial score (nSPS) is 16.7. The van der Waals surface area contributed by atoms with Gasteiger partial charge < -0.3 is 14.4 Å². The minimum atomic E-state index is -2.51. The maximum Gasteiger partial charge on any atom is 0.125 e. The Hall–Kier alpha value is -5.15. The quantitative estimate of drug-likeness (QED) is 0.165. The molecule has 0 spiro atoms. The summed E-state index contributed by atoms with van der Waals surface area (Å²) >= 11 is 0. The van der Waals surface area contributed by atoms with Crippen molar-refractivity contribution < 1.29 is 35.5 Å². The van der Waals surface area contributed by atoms with Crippen LogP contribution in [0.2, 0.25) is 0 Å². The van der Waals surface area contributed by atoms with Crippen molar-refractivity contribution in [1.29, 1.82) is 0 Å². The monoisotopic (exact) mass is 987 g/mol. The molecule has 1 radical (unpaired) electrons. The molecule has 4 heteroatoms. The van der Waals surface area contributed by atoms with E-state index in [2.05, 4.69) is 113 Å². The number of benzene rings is 5. The molecule has 0 atom stereocenters. The molecule has 3 nitrogen and oxygen atoms in total. The fraction of sp³-hybridized carbons (Fsp3) is 0.298. The summed E-state index contributed by atoms with van der Waals surface area (Å²) in [5.41, 5.74) is 10.7. The van der Waals surface area contributed by atoms with Crippen molar-refractivity contribution in [2.45, 2.75) is 106 Å². The molecule has 3 aromatic heterocycles. The standard InChI is InChI=1S/C35H36NO.C22H22N.Ir/c1-21-20-36-29(18-22(21)19-33(2,3)4)27-14-11-13-25-26-17-16-24-23-12-9-10-15-28(23)34(5,6)35(7,8)30(24)32(26)37-31(25)27;1-16-10-11-18(14-20(16)17-8-6-5-7-9-17)21-15-19(12-13-23-21)22(2,3)4;/h9-13,15-18,20H,19H2,1-8H3;5-10,12-15H,1-4H3;/q2*-1;/i1D3,19D2;1D3;. The molecule has 3 heterocycles. The molecule has 0 saturated carbocycles. The van der Waals surface area contributed by atoms with E-state index in [1.165, 1.54) is 22.9 Å². The van der Waals surface area contributed by atoms with E-state index in [-0.39, 0.29) is 47.5 Å². The number of aromatic nitrogens is 2. The molecule has 313 valence electrons. The van der Waals surface area contributed by atoms with E-state index in [0.29, 0.717) is 28.0 Å². The molecule has 9 rings (SSSR count). The smallest absolute Gasteiger partial charge is 0.125 e. The van der Waals surface area contributed by atoms with Crippen molar-refractivity contribution in [1.82, 2.24) is 9.97 Å². The molecule has 0 N–H and O–H groups in total. The van der Waals surface area contributed by atoms with Crippen molar-refractivity contribution >= 4 is 21.9 Å². The molecule has 5 aromatic carbocycles. The van der Waals surface area contributed by atoms with Crippen LogP contribution in [0.3, 0.4) is 0 Å². The SMILES string of the molecule is [2H]C([2H])([2H])c1c[c-]c(-c2cc(C(C)(C)C)ccn2)cc1-c1ccccc1.[2H]C([2H])([2H])c1cnc(-c2[c-]ccc3c2oc2c4c(ccc23)-c2ccccc2C(C)(C)C4(C)C)cc1C([2H])([2H])C(C)(C)C.[Ir]. The summed E-state index contributed by atoms with van der Waals surface area (Å²) in [4.78, 5) is 9.02. The summed E-state index contributed by atoms with van der Waals surface area (Å²) in [7, 11) is 0. The van der Waals surface area contributed by atoms with Gasteiger partial charge in [0.2, 0.25) is 0 Å². The van der Waals surface area contributed by atoms with E-state index < -0.39 is 25.5 Å². The van der Waals surface area contributed by atoms with Gasteiger partial charge >= 0.3 is 0 Å². The van der Waals surface area contributed by atoms with Crippen LogP contribution in [-0.4, -0.2) is 9.97 Å². The fourth-order valence-electron chi connectivity index (χ4n) is 8.39. The van der Waals surface area contributed by atoms with Crippen LogP contribution >= 0.6 is 0 Å².